The second-order valence-electron chi connectivity index (χ2n) is 7.22. The summed E-state index contributed by atoms with van der Waals surface area (Å²) >= 11 is 0. The highest BCUT2D eigenvalue weighted by atomic mass is 19.1. The standard InChI is InChI=1S/C21H21F2NO3/c1-20(19(26)27,14-7-3-2-4-8-14)13-24-18(25)21(11-6-12-21)17-15(22)9-5-10-16(17)23/h2-5,7-10H,6,11-13H2,1H3,(H,24,25)(H,26,27). The highest BCUT2D eigenvalue weighted by Gasteiger charge is 2.49. The van der Waals surface area contributed by atoms with E-state index in [1.165, 1.54) is 13.0 Å². The van der Waals surface area contributed by atoms with Crippen molar-refractivity contribution in [2.75, 3.05) is 6.54 Å². The molecule has 0 heterocycles. The van der Waals surface area contributed by atoms with Crippen LogP contribution < -0.4 is 5.32 Å². The largest absolute Gasteiger partial charge is 0.481 e. The highest BCUT2D eigenvalue weighted by molar-refractivity contribution is 5.90. The molecule has 3 rings (SSSR count). The average molecular weight is 373 g/mol. The third-order valence-electron chi connectivity index (χ3n) is 5.57. The fourth-order valence-corrected chi connectivity index (χ4v) is 3.61. The van der Waals surface area contributed by atoms with Crippen molar-refractivity contribution in [2.45, 2.75) is 37.0 Å². The molecule has 142 valence electrons. The molecule has 1 atom stereocenters. The van der Waals surface area contributed by atoms with Gasteiger partial charge in [0.2, 0.25) is 5.91 Å². The molecule has 1 aliphatic rings. The van der Waals surface area contributed by atoms with Crippen LogP contribution in [-0.4, -0.2) is 23.5 Å². The molecule has 1 unspecified atom stereocenters. The summed E-state index contributed by atoms with van der Waals surface area (Å²) in [4.78, 5) is 24.8. The van der Waals surface area contributed by atoms with Crippen LogP contribution in [0.2, 0.25) is 0 Å². The predicted octanol–water partition coefficient (Wildman–Crippen LogP) is 3.55. The molecular formula is C21H21F2NO3. The Kier molecular flexibility index (Phi) is 5.00. The summed E-state index contributed by atoms with van der Waals surface area (Å²) in [5.41, 5.74) is -2.33. The molecule has 0 aliphatic heterocycles. The van der Waals surface area contributed by atoms with E-state index >= 15 is 0 Å². The Balaban J connectivity index is 1.87. The highest BCUT2D eigenvalue weighted by Crippen LogP contribution is 2.46. The molecule has 6 heteroatoms. The molecule has 0 bridgehead atoms. The van der Waals surface area contributed by atoms with Crippen molar-refractivity contribution in [2.24, 2.45) is 0 Å². The maximum Gasteiger partial charge on any atom is 0.315 e. The van der Waals surface area contributed by atoms with Gasteiger partial charge in [0.25, 0.3) is 0 Å². The topological polar surface area (TPSA) is 66.4 Å². The van der Waals surface area contributed by atoms with Crippen LogP contribution >= 0.6 is 0 Å². The van der Waals surface area contributed by atoms with Gasteiger partial charge in [-0.15, -0.1) is 0 Å². The Bertz CT molecular complexity index is 845. The van der Waals surface area contributed by atoms with E-state index in [0.29, 0.717) is 24.8 Å². The predicted molar refractivity (Wildman–Crippen MR) is 96.3 cm³/mol. The van der Waals surface area contributed by atoms with Crippen molar-refractivity contribution in [3.8, 4) is 0 Å². The number of nitrogens with one attached hydrogen (secondary N) is 1. The molecule has 0 saturated heterocycles. The lowest BCUT2D eigenvalue weighted by atomic mass is 9.63. The molecule has 1 saturated carbocycles. The van der Waals surface area contributed by atoms with Gasteiger partial charge in [0.05, 0.1) is 5.41 Å². The maximum atomic E-state index is 14.3. The van der Waals surface area contributed by atoms with Gasteiger partial charge >= 0.3 is 5.97 Å². The number of hydrogen-bond acceptors (Lipinski definition) is 2. The van der Waals surface area contributed by atoms with E-state index in [9.17, 15) is 23.5 Å². The van der Waals surface area contributed by atoms with Gasteiger partial charge in [0, 0.05) is 12.1 Å². The minimum Gasteiger partial charge on any atom is -0.481 e. The van der Waals surface area contributed by atoms with Crippen LogP contribution in [0.15, 0.2) is 48.5 Å². The quantitative estimate of drug-likeness (QED) is 0.814. The molecule has 2 N–H and O–H groups in total. The van der Waals surface area contributed by atoms with E-state index in [4.69, 9.17) is 0 Å². The van der Waals surface area contributed by atoms with E-state index in [1.54, 1.807) is 30.3 Å². The first-order valence-corrected chi connectivity index (χ1v) is 8.83. The van der Waals surface area contributed by atoms with Crippen molar-refractivity contribution in [3.05, 3.63) is 71.3 Å². The molecule has 2 aromatic rings. The number of hydrogen-bond donors (Lipinski definition) is 2. The van der Waals surface area contributed by atoms with Gasteiger partial charge in [-0.3, -0.25) is 9.59 Å². The van der Waals surface area contributed by atoms with E-state index in [1.807, 2.05) is 0 Å². The number of benzene rings is 2. The van der Waals surface area contributed by atoms with E-state index < -0.39 is 34.3 Å². The molecule has 27 heavy (non-hydrogen) atoms. The smallest absolute Gasteiger partial charge is 0.315 e. The fraction of sp³-hybridized carbons (Fsp3) is 0.333. The van der Waals surface area contributed by atoms with Crippen LogP contribution in [0.5, 0.6) is 0 Å². The van der Waals surface area contributed by atoms with Crippen LogP contribution in [0.1, 0.15) is 37.3 Å². The number of amides is 1. The van der Waals surface area contributed by atoms with Crippen LogP contribution in [-0.2, 0) is 20.4 Å². The van der Waals surface area contributed by atoms with E-state index in [2.05, 4.69) is 5.32 Å². The van der Waals surface area contributed by atoms with Crippen LogP contribution in [0, 0.1) is 11.6 Å². The third-order valence-corrected chi connectivity index (χ3v) is 5.57. The third kappa shape index (κ3) is 3.20. The maximum absolute atomic E-state index is 14.3. The lowest BCUT2D eigenvalue weighted by Crippen LogP contribution is -2.54. The van der Waals surface area contributed by atoms with Gasteiger partial charge in [-0.25, -0.2) is 8.78 Å². The zero-order valence-corrected chi connectivity index (χ0v) is 15.0. The zero-order valence-electron chi connectivity index (χ0n) is 15.0. The number of carbonyl (C=O) groups excluding carboxylic acids is 1. The number of halogens is 2. The summed E-state index contributed by atoms with van der Waals surface area (Å²) in [5, 5.41) is 12.4. The first-order valence-electron chi connectivity index (χ1n) is 8.83. The molecular weight excluding hydrogens is 352 g/mol. The fourth-order valence-electron chi connectivity index (χ4n) is 3.61. The number of aliphatic carboxylic acids is 1. The molecule has 1 fully saturated rings. The average Bonchev–Trinajstić information content (AvgIpc) is 2.61. The molecule has 2 aromatic carbocycles. The second-order valence-corrected chi connectivity index (χ2v) is 7.22. The van der Waals surface area contributed by atoms with Gasteiger partial charge in [-0.1, -0.05) is 42.8 Å². The van der Waals surface area contributed by atoms with Gasteiger partial charge in [0.1, 0.15) is 17.0 Å². The summed E-state index contributed by atoms with van der Waals surface area (Å²) < 4.78 is 28.6. The molecule has 4 nitrogen and oxygen atoms in total. The van der Waals surface area contributed by atoms with E-state index in [-0.39, 0.29) is 12.1 Å². The second kappa shape index (κ2) is 7.10. The SMILES string of the molecule is CC(CNC(=O)C1(c2c(F)cccc2F)CCC1)(C(=O)O)c1ccccc1. The van der Waals surface area contributed by atoms with Crippen molar-refractivity contribution in [1.29, 1.82) is 0 Å². The number of carbonyl (C=O) groups is 2. The van der Waals surface area contributed by atoms with Crippen molar-refractivity contribution < 1.29 is 23.5 Å². The van der Waals surface area contributed by atoms with Crippen LogP contribution in [0.25, 0.3) is 0 Å². The Labute approximate surface area is 156 Å². The minimum atomic E-state index is -1.35. The number of carboxylic acid groups (broad SMARTS) is 1. The normalized spacial score (nSPS) is 17.4. The first kappa shape index (κ1) is 19.0. The molecule has 0 aromatic heterocycles. The van der Waals surface area contributed by atoms with Crippen LogP contribution in [0.3, 0.4) is 0 Å². The van der Waals surface area contributed by atoms with E-state index in [0.717, 1.165) is 12.1 Å². The Hall–Kier alpha value is -2.76. The summed E-state index contributed by atoms with van der Waals surface area (Å²) in [6, 6.07) is 12.1. The van der Waals surface area contributed by atoms with Gasteiger partial charge in [-0.05, 0) is 37.5 Å². The minimum absolute atomic E-state index is 0.178. The first-order chi connectivity index (χ1) is 12.8. The molecule has 1 amide bonds. The van der Waals surface area contributed by atoms with Gasteiger partial charge in [0.15, 0.2) is 0 Å². The zero-order chi connectivity index (χ0) is 19.7. The Morgan fingerprint density at radius 2 is 1.67 bits per heavy atom. The van der Waals surface area contributed by atoms with Crippen molar-refractivity contribution >= 4 is 11.9 Å². The van der Waals surface area contributed by atoms with Gasteiger partial charge in [-0.2, -0.15) is 0 Å². The number of carboxylic acids is 1. The summed E-state index contributed by atoms with van der Waals surface area (Å²) in [6.45, 7) is 1.34. The summed E-state index contributed by atoms with van der Waals surface area (Å²) in [7, 11) is 0. The Morgan fingerprint density at radius 1 is 1.07 bits per heavy atom. The van der Waals surface area contributed by atoms with Gasteiger partial charge < -0.3 is 10.4 Å². The molecule has 0 spiro atoms. The monoisotopic (exact) mass is 373 g/mol. The van der Waals surface area contributed by atoms with Crippen LogP contribution in [0.4, 0.5) is 8.78 Å². The van der Waals surface area contributed by atoms with Crippen molar-refractivity contribution in [3.63, 3.8) is 0 Å². The molecule has 1 aliphatic carbocycles. The summed E-state index contributed by atoms with van der Waals surface area (Å²) in [6.07, 6.45) is 1.33. The lowest BCUT2D eigenvalue weighted by molar-refractivity contribution is -0.143. The summed E-state index contributed by atoms with van der Waals surface area (Å²) in [5.74, 6) is -3.14. The Morgan fingerprint density at radius 3 is 2.15 bits per heavy atom. The van der Waals surface area contributed by atoms with Crippen molar-refractivity contribution in [1.82, 2.24) is 5.32 Å². The number of rotatable bonds is 6. The lowest BCUT2D eigenvalue weighted by Gasteiger charge is -2.41. The molecule has 0 radical (unpaired) electrons.